The minimum atomic E-state index is -0.526. The largest absolute Gasteiger partial charge is 0.444 e. The average Bonchev–Trinajstić information content (AvgIpc) is 3.14. The van der Waals surface area contributed by atoms with E-state index in [-0.39, 0.29) is 12.1 Å². The smallest absolute Gasteiger partial charge is 0.410 e. The Hall–Kier alpha value is -2.82. The van der Waals surface area contributed by atoms with Crippen LogP contribution in [0.25, 0.3) is 22.0 Å². The summed E-state index contributed by atoms with van der Waals surface area (Å²) < 4.78 is 5.58. The van der Waals surface area contributed by atoms with Crippen LogP contribution in [0.1, 0.15) is 52.9 Å². The van der Waals surface area contributed by atoms with Crippen molar-refractivity contribution in [3.8, 4) is 11.3 Å². The quantitative estimate of drug-likeness (QED) is 0.597. The number of carbonyl (C=O) groups excluding carboxylic acids is 1. The average molecular weight is 380 g/mol. The van der Waals surface area contributed by atoms with Gasteiger partial charge >= 0.3 is 6.09 Å². The molecule has 0 saturated carbocycles. The summed E-state index contributed by atoms with van der Waals surface area (Å²) in [6.07, 6.45) is 2.36. The number of amides is 1. The van der Waals surface area contributed by atoms with E-state index in [0.29, 0.717) is 6.54 Å². The van der Waals surface area contributed by atoms with Gasteiger partial charge in [0.1, 0.15) is 11.4 Å². The van der Waals surface area contributed by atoms with Gasteiger partial charge in [-0.2, -0.15) is 0 Å². The SMILES string of the molecule is CCCN(C(=O)OC(C)(C)C)[C@@H](C)c1ncc(-c2ccc3ccccc3c2)[nH]1. The molecule has 0 aliphatic rings. The Morgan fingerprint density at radius 1 is 1.18 bits per heavy atom. The molecule has 1 atom stereocenters. The summed E-state index contributed by atoms with van der Waals surface area (Å²) in [6.45, 7) is 10.3. The molecule has 0 saturated heterocycles. The lowest BCUT2D eigenvalue weighted by Crippen LogP contribution is -2.39. The fraction of sp³-hybridized carbons (Fsp3) is 0.391. The number of nitrogens with zero attached hydrogens (tertiary/aromatic N) is 2. The molecule has 0 fully saturated rings. The molecule has 0 bridgehead atoms. The fourth-order valence-electron chi connectivity index (χ4n) is 3.20. The normalized spacial score (nSPS) is 12.8. The maximum Gasteiger partial charge on any atom is 0.410 e. The first-order valence-electron chi connectivity index (χ1n) is 9.82. The zero-order valence-electron chi connectivity index (χ0n) is 17.3. The van der Waals surface area contributed by atoms with Gasteiger partial charge in [-0.05, 0) is 51.0 Å². The summed E-state index contributed by atoms with van der Waals surface area (Å²) in [5.74, 6) is 0.752. The molecule has 0 radical (unpaired) electrons. The third-order valence-corrected chi connectivity index (χ3v) is 4.61. The van der Waals surface area contributed by atoms with E-state index in [9.17, 15) is 4.79 Å². The van der Waals surface area contributed by atoms with Crippen LogP contribution >= 0.6 is 0 Å². The molecule has 3 rings (SSSR count). The molecule has 1 N–H and O–H groups in total. The first-order valence-corrected chi connectivity index (χ1v) is 9.82. The van der Waals surface area contributed by atoms with Crippen molar-refractivity contribution in [2.75, 3.05) is 6.54 Å². The van der Waals surface area contributed by atoms with E-state index < -0.39 is 5.60 Å². The Morgan fingerprint density at radius 3 is 2.57 bits per heavy atom. The molecule has 5 nitrogen and oxygen atoms in total. The zero-order valence-corrected chi connectivity index (χ0v) is 17.3. The van der Waals surface area contributed by atoms with Gasteiger partial charge in [-0.15, -0.1) is 0 Å². The van der Waals surface area contributed by atoms with Gasteiger partial charge in [0, 0.05) is 12.1 Å². The van der Waals surface area contributed by atoms with E-state index in [1.165, 1.54) is 10.8 Å². The maximum absolute atomic E-state index is 12.6. The Kier molecular flexibility index (Phi) is 5.73. The van der Waals surface area contributed by atoms with E-state index in [2.05, 4.69) is 40.3 Å². The highest BCUT2D eigenvalue weighted by Gasteiger charge is 2.27. The van der Waals surface area contributed by atoms with Gasteiger partial charge in [0.2, 0.25) is 0 Å². The molecule has 3 aromatic rings. The number of fused-ring (bicyclic) bond motifs is 1. The number of imidazole rings is 1. The number of H-pyrrole nitrogens is 1. The molecule has 148 valence electrons. The highest BCUT2D eigenvalue weighted by molar-refractivity contribution is 5.86. The minimum Gasteiger partial charge on any atom is -0.444 e. The molecule has 5 heteroatoms. The van der Waals surface area contributed by atoms with Gasteiger partial charge in [-0.25, -0.2) is 9.78 Å². The van der Waals surface area contributed by atoms with Gasteiger partial charge in [-0.3, -0.25) is 4.90 Å². The Labute approximate surface area is 166 Å². The van der Waals surface area contributed by atoms with E-state index in [1.807, 2.05) is 52.9 Å². The predicted molar refractivity (Wildman–Crippen MR) is 113 cm³/mol. The first kappa shape index (κ1) is 19.9. The Balaban J connectivity index is 1.84. The van der Waals surface area contributed by atoms with Crippen LogP contribution in [-0.2, 0) is 4.74 Å². The fourth-order valence-corrected chi connectivity index (χ4v) is 3.20. The molecular weight excluding hydrogens is 350 g/mol. The first-order chi connectivity index (χ1) is 13.3. The predicted octanol–water partition coefficient (Wildman–Crippen LogP) is 5.94. The molecule has 0 aliphatic heterocycles. The van der Waals surface area contributed by atoms with Gasteiger partial charge in [0.05, 0.1) is 17.9 Å². The monoisotopic (exact) mass is 379 g/mol. The lowest BCUT2D eigenvalue weighted by atomic mass is 10.1. The van der Waals surface area contributed by atoms with Crippen LogP contribution in [0.2, 0.25) is 0 Å². The molecule has 1 amide bonds. The highest BCUT2D eigenvalue weighted by Crippen LogP contribution is 2.26. The van der Waals surface area contributed by atoms with Crippen molar-refractivity contribution >= 4 is 16.9 Å². The van der Waals surface area contributed by atoms with Crippen molar-refractivity contribution in [1.82, 2.24) is 14.9 Å². The molecule has 0 aliphatic carbocycles. The lowest BCUT2D eigenvalue weighted by molar-refractivity contribution is 0.0166. The van der Waals surface area contributed by atoms with Gasteiger partial charge < -0.3 is 9.72 Å². The number of aromatic nitrogens is 2. The molecule has 0 unspecified atom stereocenters. The second-order valence-electron chi connectivity index (χ2n) is 8.09. The van der Waals surface area contributed by atoms with Crippen molar-refractivity contribution in [3.63, 3.8) is 0 Å². The van der Waals surface area contributed by atoms with Crippen LogP contribution in [0.5, 0.6) is 0 Å². The lowest BCUT2D eigenvalue weighted by Gasteiger charge is -2.30. The summed E-state index contributed by atoms with van der Waals surface area (Å²) in [6, 6.07) is 14.4. The summed E-state index contributed by atoms with van der Waals surface area (Å²) >= 11 is 0. The number of carbonyl (C=O) groups is 1. The number of ether oxygens (including phenoxy) is 1. The van der Waals surface area contributed by atoms with Crippen LogP contribution in [-0.4, -0.2) is 33.1 Å². The van der Waals surface area contributed by atoms with E-state index >= 15 is 0 Å². The van der Waals surface area contributed by atoms with Crippen LogP contribution in [0.4, 0.5) is 4.79 Å². The van der Waals surface area contributed by atoms with Crippen LogP contribution < -0.4 is 0 Å². The molecular formula is C23H29N3O2. The van der Waals surface area contributed by atoms with Crippen molar-refractivity contribution in [1.29, 1.82) is 0 Å². The Morgan fingerprint density at radius 2 is 1.89 bits per heavy atom. The molecule has 1 heterocycles. The number of rotatable bonds is 5. The third kappa shape index (κ3) is 4.53. The van der Waals surface area contributed by atoms with E-state index in [1.54, 1.807) is 4.90 Å². The van der Waals surface area contributed by atoms with Crippen LogP contribution in [0.3, 0.4) is 0 Å². The van der Waals surface area contributed by atoms with Crippen molar-refractivity contribution in [2.24, 2.45) is 0 Å². The molecule has 0 spiro atoms. The van der Waals surface area contributed by atoms with E-state index in [0.717, 1.165) is 23.5 Å². The summed E-state index contributed by atoms with van der Waals surface area (Å²) in [4.78, 5) is 22.3. The molecule has 1 aromatic heterocycles. The maximum atomic E-state index is 12.6. The number of hydrogen-bond donors (Lipinski definition) is 1. The number of hydrogen-bond acceptors (Lipinski definition) is 3. The van der Waals surface area contributed by atoms with Crippen LogP contribution in [0.15, 0.2) is 48.7 Å². The van der Waals surface area contributed by atoms with Crippen molar-refractivity contribution in [3.05, 3.63) is 54.5 Å². The number of nitrogens with one attached hydrogen (secondary N) is 1. The third-order valence-electron chi connectivity index (χ3n) is 4.61. The van der Waals surface area contributed by atoms with Gasteiger partial charge in [0.25, 0.3) is 0 Å². The van der Waals surface area contributed by atoms with Crippen molar-refractivity contribution in [2.45, 2.75) is 52.7 Å². The van der Waals surface area contributed by atoms with Gasteiger partial charge in [0.15, 0.2) is 0 Å². The highest BCUT2D eigenvalue weighted by atomic mass is 16.6. The summed E-state index contributed by atoms with van der Waals surface area (Å²) in [5.41, 5.74) is 1.49. The van der Waals surface area contributed by atoms with Crippen LogP contribution in [0, 0.1) is 0 Å². The van der Waals surface area contributed by atoms with E-state index in [4.69, 9.17) is 4.74 Å². The number of benzene rings is 2. The second kappa shape index (κ2) is 8.05. The minimum absolute atomic E-state index is 0.205. The number of aromatic amines is 1. The molecule has 2 aromatic carbocycles. The Bertz CT molecular complexity index is 956. The van der Waals surface area contributed by atoms with Crippen molar-refractivity contribution < 1.29 is 9.53 Å². The second-order valence-corrected chi connectivity index (χ2v) is 8.09. The topological polar surface area (TPSA) is 58.2 Å². The van der Waals surface area contributed by atoms with Gasteiger partial charge in [-0.1, -0.05) is 43.3 Å². The summed E-state index contributed by atoms with van der Waals surface area (Å²) in [5, 5.41) is 2.39. The summed E-state index contributed by atoms with van der Waals surface area (Å²) in [7, 11) is 0. The molecule has 28 heavy (non-hydrogen) atoms. The zero-order chi connectivity index (χ0) is 20.3. The standard InChI is InChI=1S/C23H29N3O2/c1-6-13-26(22(27)28-23(3,4)5)16(2)21-24-15-20(25-21)19-12-11-17-9-7-8-10-18(17)14-19/h7-12,14-16H,6,13H2,1-5H3,(H,24,25)/t16-/m0/s1.